The summed E-state index contributed by atoms with van der Waals surface area (Å²) in [5.41, 5.74) is 1.64. The van der Waals surface area contributed by atoms with Crippen LogP contribution in [-0.4, -0.2) is 13.0 Å². The summed E-state index contributed by atoms with van der Waals surface area (Å²) < 4.78 is 30.1. The van der Waals surface area contributed by atoms with Gasteiger partial charge in [0.1, 0.15) is 10.6 Å². The Morgan fingerprint density at radius 3 is 2.86 bits per heavy atom. The van der Waals surface area contributed by atoms with Crippen LogP contribution in [0.25, 0.3) is 0 Å². The van der Waals surface area contributed by atoms with Crippen molar-refractivity contribution in [3.63, 3.8) is 0 Å². The van der Waals surface area contributed by atoms with Crippen molar-refractivity contribution in [3.05, 3.63) is 29.3 Å². The molecule has 4 heteroatoms. The molecule has 0 radical (unpaired) electrons. The average Bonchev–Trinajstić information content (AvgIpc) is 2.62. The number of hydrogen-bond acceptors (Lipinski definition) is 1. The van der Waals surface area contributed by atoms with Crippen molar-refractivity contribution in [2.24, 2.45) is 0 Å². The van der Waals surface area contributed by atoms with Gasteiger partial charge < -0.3 is 4.74 Å². The van der Waals surface area contributed by atoms with Gasteiger partial charge in [0.15, 0.2) is 0 Å². The summed E-state index contributed by atoms with van der Waals surface area (Å²) in [4.78, 5) is -0.881. The van der Waals surface area contributed by atoms with Crippen LogP contribution in [0.1, 0.15) is 16.0 Å². The van der Waals surface area contributed by atoms with E-state index in [9.17, 15) is 8.78 Å². The van der Waals surface area contributed by atoms with E-state index in [1.165, 1.54) is 0 Å². The van der Waals surface area contributed by atoms with Gasteiger partial charge in [0.25, 0.3) is 6.43 Å². The lowest BCUT2D eigenvalue weighted by atomic mass is 10.1. The van der Waals surface area contributed by atoms with Crippen molar-refractivity contribution in [1.29, 1.82) is 0 Å². The first-order valence-corrected chi connectivity index (χ1v) is 5.28. The molecule has 0 spiro atoms. The molecular formula is C10H9BrF2O. The van der Waals surface area contributed by atoms with Crippen molar-refractivity contribution in [2.45, 2.75) is 17.7 Å². The van der Waals surface area contributed by atoms with E-state index >= 15 is 0 Å². The Hall–Kier alpha value is -0.640. The fourth-order valence-corrected chi connectivity index (χ4v) is 1.81. The minimum Gasteiger partial charge on any atom is -0.493 e. The van der Waals surface area contributed by atoms with Crippen LogP contribution in [0.15, 0.2) is 18.2 Å². The number of halogens is 3. The second-order valence-electron chi connectivity index (χ2n) is 3.20. The van der Waals surface area contributed by atoms with E-state index in [0.717, 1.165) is 17.7 Å². The molecule has 1 aliphatic heterocycles. The molecule has 0 aliphatic carbocycles. The highest BCUT2D eigenvalue weighted by atomic mass is 79.9. The monoisotopic (exact) mass is 262 g/mol. The zero-order chi connectivity index (χ0) is 10.1. The highest BCUT2D eigenvalue weighted by molar-refractivity contribution is 9.09. The van der Waals surface area contributed by atoms with Gasteiger partial charge in [-0.1, -0.05) is 28.1 Å². The molecule has 1 unspecified atom stereocenters. The molecule has 2 rings (SSSR count). The van der Waals surface area contributed by atoms with Gasteiger partial charge in [-0.25, -0.2) is 8.78 Å². The van der Waals surface area contributed by atoms with Gasteiger partial charge in [0.2, 0.25) is 0 Å². The summed E-state index contributed by atoms with van der Waals surface area (Å²) in [5.74, 6) is 0.822. The SMILES string of the molecule is FC(F)C(Br)c1ccc2c(c1)CCO2. The third-order valence-corrected chi connectivity index (χ3v) is 3.18. The lowest BCUT2D eigenvalue weighted by Gasteiger charge is -2.09. The highest BCUT2D eigenvalue weighted by Crippen LogP contribution is 2.34. The first kappa shape index (κ1) is 9.90. The Balaban J connectivity index is 2.28. The third kappa shape index (κ3) is 1.75. The Bertz CT molecular complexity index is 341. The molecule has 1 aromatic rings. The smallest absolute Gasteiger partial charge is 0.255 e. The fraction of sp³-hybridized carbons (Fsp3) is 0.400. The zero-order valence-electron chi connectivity index (χ0n) is 7.34. The topological polar surface area (TPSA) is 9.23 Å². The maximum atomic E-state index is 12.4. The van der Waals surface area contributed by atoms with E-state index in [1.54, 1.807) is 18.2 Å². The number of rotatable bonds is 2. The second kappa shape index (κ2) is 3.85. The minimum atomic E-state index is -2.38. The molecule has 14 heavy (non-hydrogen) atoms. The molecule has 0 aromatic heterocycles. The van der Waals surface area contributed by atoms with Gasteiger partial charge in [0.05, 0.1) is 6.61 Å². The van der Waals surface area contributed by atoms with E-state index in [-0.39, 0.29) is 0 Å². The first-order valence-electron chi connectivity index (χ1n) is 4.36. The Morgan fingerprint density at radius 2 is 2.14 bits per heavy atom. The van der Waals surface area contributed by atoms with Crippen molar-refractivity contribution >= 4 is 15.9 Å². The number of hydrogen-bond donors (Lipinski definition) is 0. The molecule has 1 nitrogen and oxygen atoms in total. The maximum Gasteiger partial charge on any atom is 0.255 e. The van der Waals surface area contributed by atoms with Gasteiger partial charge in [-0.3, -0.25) is 0 Å². The molecule has 0 saturated heterocycles. The van der Waals surface area contributed by atoms with Gasteiger partial charge in [-0.15, -0.1) is 0 Å². The molecule has 0 N–H and O–H groups in total. The van der Waals surface area contributed by atoms with E-state index in [1.807, 2.05) is 0 Å². The summed E-state index contributed by atoms with van der Waals surface area (Å²) in [5, 5.41) is 0. The van der Waals surface area contributed by atoms with Crippen molar-refractivity contribution in [3.8, 4) is 5.75 Å². The van der Waals surface area contributed by atoms with Crippen molar-refractivity contribution < 1.29 is 13.5 Å². The Morgan fingerprint density at radius 1 is 1.36 bits per heavy atom. The van der Waals surface area contributed by atoms with Crippen LogP contribution in [0, 0.1) is 0 Å². The molecule has 1 atom stereocenters. The van der Waals surface area contributed by atoms with E-state index in [2.05, 4.69) is 15.9 Å². The molecule has 1 aliphatic rings. The van der Waals surface area contributed by atoms with Gasteiger partial charge in [0, 0.05) is 6.42 Å². The Labute approximate surface area is 89.2 Å². The van der Waals surface area contributed by atoms with E-state index in [0.29, 0.717) is 12.2 Å². The van der Waals surface area contributed by atoms with Crippen molar-refractivity contribution in [2.75, 3.05) is 6.61 Å². The predicted octanol–water partition coefficient (Wildman–Crippen LogP) is 3.32. The number of ether oxygens (including phenoxy) is 1. The summed E-state index contributed by atoms with van der Waals surface area (Å²) in [6.07, 6.45) is -1.57. The largest absolute Gasteiger partial charge is 0.493 e. The third-order valence-electron chi connectivity index (χ3n) is 2.25. The lowest BCUT2D eigenvalue weighted by Crippen LogP contribution is -2.01. The summed E-state index contributed by atoms with van der Waals surface area (Å²) in [6.45, 7) is 0.653. The van der Waals surface area contributed by atoms with Crippen LogP contribution in [0.4, 0.5) is 8.78 Å². The summed E-state index contributed by atoms with van der Waals surface area (Å²) >= 11 is 2.97. The van der Waals surface area contributed by atoms with Crippen LogP contribution < -0.4 is 4.74 Å². The first-order chi connectivity index (χ1) is 6.68. The molecule has 0 fully saturated rings. The number of alkyl halides is 3. The molecule has 0 saturated carbocycles. The van der Waals surface area contributed by atoms with Crippen LogP contribution in [0.2, 0.25) is 0 Å². The minimum absolute atomic E-state index is 0.615. The molecular weight excluding hydrogens is 254 g/mol. The maximum absolute atomic E-state index is 12.4. The average molecular weight is 263 g/mol. The summed E-state index contributed by atoms with van der Waals surface area (Å²) in [6, 6.07) is 5.22. The zero-order valence-corrected chi connectivity index (χ0v) is 8.93. The number of fused-ring (bicyclic) bond motifs is 1. The van der Waals surface area contributed by atoms with Gasteiger partial charge >= 0.3 is 0 Å². The molecule has 0 amide bonds. The van der Waals surface area contributed by atoms with Crippen LogP contribution >= 0.6 is 15.9 Å². The Kier molecular flexibility index (Phi) is 2.72. The van der Waals surface area contributed by atoms with Crippen LogP contribution in [0.5, 0.6) is 5.75 Å². The highest BCUT2D eigenvalue weighted by Gasteiger charge is 2.21. The lowest BCUT2D eigenvalue weighted by molar-refractivity contribution is 0.147. The standard InChI is InChI=1S/C10H9BrF2O/c11-9(10(12)13)7-1-2-8-6(5-7)3-4-14-8/h1-2,5,9-10H,3-4H2. The molecule has 1 heterocycles. The van der Waals surface area contributed by atoms with Crippen LogP contribution in [-0.2, 0) is 6.42 Å². The summed E-state index contributed by atoms with van der Waals surface area (Å²) in [7, 11) is 0. The fourth-order valence-electron chi connectivity index (χ4n) is 1.52. The quantitative estimate of drug-likeness (QED) is 0.744. The van der Waals surface area contributed by atoms with Gasteiger partial charge in [-0.05, 0) is 17.2 Å². The normalized spacial score (nSPS) is 16.6. The molecule has 1 aromatic carbocycles. The van der Waals surface area contributed by atoms with Gasteiger partial charge in [-0.2, -0.15) is 0 Å². The molecule has 0 bridgehead atoms. The predicted molar refractivity (Wildman–Crippen MR) is 53.3 cm³/mol. The second-order valence-corrected chi connectivity index (χ2v) is 4.19. The number of benzene rings is 1. The van der Waals surface area contributed by atoms with Crippen LogP contribution in [0.3, 0.4) is 0 Å². The van der Waals surface area contributed by atoms with E-state index < -0.39 is 11.3 Å². The molecule has 76 valence electrons. The van der Waals surface area contributed by atoms with E-state index in [4.69, 9.17) is 4.74 Å². The van der Waals surface area contributed by atoms with Crippen molar-refractivity contribution in [1.82, 2.24) is 0 Å².